The number of nitrogens with zero attached hydrogens (tertiary/aromatic N) is 1. The molecule has 0 fully saturated rings. The number of amides is 1. The third kappa shape index (κ3) is 4.63. The van der Waals surface area contributed by atoms with Gasteiger partial charge in [-0.1, -0.05) is 24.3 Å². The molecule has 4 nitrogen and oxygen atoms in total. The molecule has 0 aliphatic heterocycles. The van der Waals surface area contributed by atoms with Gasteiger partial charge in [-0.15, -0.1) is 0 Å². The Kier molecular flexibility index (Phi) is 5.12. The molecule has 0 unspecified atom stereocenters. The minimum absolute atomic E-state index is 0.0152. The van der Waals surface area contributed by atoms with Crippen LogP contribution in [0.15, 0.2) is 66.9 Å². The van der Waals surface area contributed by atoms with Gasteiger partial charge in [0.05, 0.1) is 11.3 Å². The Labute approximate surface area is 153 Å². The standard InChI is InChI=1S/C20H16F3N3O/c21-20(22,23)16-5-1-3-13(9-16)12-26-19(27)15-7-8-25-18(11-15)14-4-2-6-17(24)10-14/h1-11H,12,24H2,(H,26,27). The van der Waals surface area contributed by atoms with E-state index < -0.39 is 17.6 Å². The van der Waals surface area contributed by atoms with Crippen molar-refractivity contribution >= 4 is 11.6 Å². The van der Waals surface area contributed by atoms with Crippen molar-refractivity contribution in [1.82, 2.24) is 10.3 Å². The number of anilines is 1. The van der Waals surface area contributed by atoms with Crippen molar-refractivity contribution in [3.63, 3.8) is 0 Å². The Hall–Kier alpha value is -3.35. The number of benzene rings is 2. The van der Waals surface area contributed by atoms with Crippen LogP contribution in [0, 0.1) is 0 Å². The fourth-order valence-electron chi connectivity index (χ4n) is 2.57. The van der Waals surface area contributed by atoms with Gasteiger partial charge in [-0.05, 0) is 42.0 Å². The zero-order chi connectivity index (χ0) is 19.4. The maximum atomic E-state index is 12.8. The number of carbonyl (C=O) groups is 1. The van der Waals surface area contributed by atoms with Gasteiger partial charge in [0.15, 0.2) is 0 Å². The molecule has 1 aromatic heterocycles. The molecular weight excluding hydrogens is 355 g/mol. The zero-order valence-corrected chi connectivity index (χ0v) is 14.1. The van der Waals surface area contributed by atoms with Gasteiger partial charge >= 0.3 is 6.18 Å². The summed E-state index contributed by atoms with van der Waals surface area (Å²) >= 11 is 0. The summed E-state index contributed by atoms with van der Waals surface area (Å²) < 4.78 is 38.3. The largest absolute Gasteiger partial charge is 0.416 e. The van der Waals surface area contributed by atoms with E-state index >= 15 is 0 Å². The highest BCUT2D eigenvalue weighted by Gasteiger charge is 2.30. The molecule has 1 amide bonds. The Bertz CT molecular complexity index is 970. The molecule has 3 aromatic rings. The molecule has 27 heavy (non-hydrogen) atoms. The van der Waals surface area contributed by atoms with E-state index in [2.05, 4.69) is 10.3 Å². The first-order chi connectivity index (χ1) is 12.8. The topological polar surface area (TPSA) is 68.0 Å². The summed E-state index contributed by atoms with van der Waals surface area (Å²) in [5, 5.41) is 2.63. The average molecular weight is 371 g/mol. The summed E-state index contributed by atoms with van der Waals surface area (Å²) in [5.74, 6) is -0.403. The second-order valence-corrected chi connectivity index (χ2v) is 5.94. The number of nitrogen functional groups attached to an aromatic ring is 1. The molecule has 0 spiro atoms. The van der Waals surface area contributed by atoms with Crippen molar-refractivity contribution in [2.45, 2.75) is 12.7 Å². The van der Waals surface area contributed by atoms with Gasteiger partial charge in [0.2, 0.25) is 0 Å². The molecule has 0 atom stereocenters. The Balaban J connectivity index is 1.73. The predicted molar refractivity (Wildman–Crippen MR) is 96.7 cm³/mol. The molecule has 7 heteroatoms. The lowest BCUT2D eigenvalue weighted by molar-refractivity contribution is -0.137. The van der Waals surface area contributed by atoms with Gasteiger partial charge in [0, 0.05) is 29.6 Å². The van der Waals surface area contributed by atoms with E-state index in [0.29, 0.717) is 22.5 Å². The maximum absolute atomic E-state index is 12.8. The van der Waals surface area contributed by atoms with Gasteiger partial charge in [-0.2, -0.15) is 13.2 Å². The van der Waals surface area contributed by atoms with Crippen LogP contribution in [-0.2, 0) is 12.7 Å². The highest BCUT2D eigenvalue weighted by Crippen LogP contribution is 2.29. The molecule has 138 valence electrons. The predicted octanol–water partition coefficient (Wildman–Crippen LogP) is 4.28. The SMILES string of the molecule is Nc1cccc(-c2cc(C(=O)NCc3cccc(C(F)(F)F)c3)ccn2)c1. The fraction of sp³-hybridized carbons (Fsp3) is 0.100. The number of hydrogen-bond acceptors (Lipinski definition) is 3. The first-order valence-corrected chi connectivity index (χ1v) is 8.09. The van der Waals surface area contributed by atoms with Crippen LogP contribution in [0.1, 0.15) is 21.5 Å². The Morgan fingerprint density at radius 2 is 1.81 bits per heavy atom. The number of alkyl halides is 3. The molecular formula is C20H16F3N3O. The van der Waals surface area contributed by atoms with Crippen molar-refractivity contribution in [2.75, 3.05) is 5.73 Å². The molecule has 0 saturated carbocycles. The fourth-order valence-corrected chi connectivity index (χ4v) is 2.57. The monoisotopic (exact) mass is 371 g/mol. The summed E-state index contributed by atoms with van der Waals surface area (Å²) in [6, 6.07) is 15.1. The number of rotatable bonds is 4. The molecule has 0 aliphatic rings. The first kappa shape index (κ1) is 18.4. The lowest BCUT2D eigenvalue weighted by Crippen LogP contribution is -2.23. The summed E-state index contributed by atoms with van der Waals surface area (Å²) in [6.07, 6.45) is -2.92. The number of nitrogens with two attached hydrogens (primary N) is 1. The van der Waals surface area contributed by atoms with Crippen LogP contribution in [0.3, 0.4) is 0 Å². The molecule has 3 N–H and O–H groups in total. The first-order valence-electron chi connectivity index (χ1n) is 8.09. The summed E-state index contributed by atoms with van der Waals surface area (Å²) in [6.45, 7) is -0.0152. The van der Waals surface area contributed by atoms with E-state index in [1.54, 1.807) is 24.3 Å². The lowest BCUT2D eigenvalue weighted by atomic mass is 10.1. The Morgan fingerprint density at radius 1 is 1.04 bits per heavy atom. The molecule has 2 aromatic carbocycles. The minimum Gasteiger partial charge on any atom is -0.399 e. The molecule has 3 rings (SSSR count). The van der Waals surface area contributed by atoms with Crippen molar-refractivity contribution < 1.29 is 18.0 Å². The van der Waals surface area contributed by atoms with E-state index in [-0.39, 0.29) is 6.54 Å². The van der Waals surface area contributed by atoms with Crippen LogP contribution in [0.25, 0.3) is 11.3 Å². The van der Waals surface area contributed by atoms with Gasteiger partial charge in [0.25, 0.3) is 5.91 Å². The molecule has 0 radical (unpaired) electrons. The van der Waals surface area contributed by atoms with Crippen LogP contribution in [-0.4, -0.2) is 10.9 Å². The lowest BCUT2D eigenvalue weighted by Gasteiger charge is -2.10. The number of halogens is 3. The number of hydrogen-bond donors (Lipinski definition) is 2. The molecule has 0 aliphatic carbocycles. The van der Waals surface area contributed by atoms with Gasteiger partial charge in [0.1, 0.15) is 0 Å². The molecule has 1 heterocycles. The molecule has 0 saturated heterocycles. The van der Waals surface area contributed by atoms with Crippen molar-refractivity contribution in [3.8, 4) is 11.3 Å². The van der Waals surface area contributed by atoms with Crippen LogP contribution < -0.4 is 11.1 Å². The number of carbonyl (C=O) groups excluding carboxylic acids is 1. The van der Waals surface area contributed by atoms with Crippen molar-refractivity contribution in [1.29, 1.82) is 0 Å². The van der Waals surface area contributed by atoms with Crippen LogP contribution in [0.2, 0.25) is 0 Å². The summed E-state index contributed by atoms with van der Waals surface area (Å²) in [4.78, 5) is 16.6. The maximum Gasteiger partial charge on any atom is 0.416 e. The second kappa shape index (κ2) is 7.49. The van der Waals surface area contributed by atoms with E-state index in [1.165, 1.54) is 24.4 Å². The second-order valence-electron chi connectivity index (χ2n) is 5.94. The van der Waals surface area contributed by atoms with Gasteiger partial charge in [-0.25, -0.2) is 0 Å². The summed E-state index contributed by atoms with van der Waals surface area (Å²) in [5.41, 5.74) is 7.66. The normalized spacial score (nSPS) is 11.2. The average Bonchev–Trinajstić information content (AvgIpc) is 2.66. The van der Waals surface area contributed by atoms with Crippen LogP contribution in [0.4, 0.5) is 18.9 Å². The van der Waals surface area contributed by atoms with E-state index in [0.717, 1.165) is 17.7 Å². The van der Waals surface area contributed by atoms with E-state index in [1.807, 2.05) is 6.07 Å². The number of nitrogens with one attached hydrogen (secondary N) is 1. The van der Waals surface area contributed by atoms with Gasteiger partial charge < -0.3 is 11.1 Å². The van der Waals surface area contributed by atoms with Gasteiger partial charge in [-0.3, -0.25) is 9.78 Å². The number of aromatic nitrogens is 1. The number of pyridine rings is 1. The zero-order valence-electron chi connectivity index (χ0n) is 14.1. The smallest absolute Gasteiger partial charge is 0.399 e. The third-order valence-corrected chi connectivity index (χ3v) is 3.91. The van der Waals surface area contributed by atoms with E-state index in [4.69, 9.17) is 5.73 Å². The van der Waals surface area contributed by atoms with Crippen molar-refractivity contribution in [3.05, 3.63) is 83.6 Å². The highest BCUT2D eigenvalue weighted by atomic mass is 19.4. The van der Waals surface area contributed by atoms with Crippen LogP contribution in [0.5, 0.6) is 0 Å². The quantitative estimate of drug-likeness (QED) is 0.673. The van der Waals surface area contributed by atoms with Crippen LogP contribution >= 0.6 is 0 Å². The minimum atomic E-state index is -4.42. The van der Waals surface area contributed by atoms with E-state index in [9.17, 15) is 18.0 Å². The summed E-state index contributed by atoms with van der Waals surface area (Å²) in [7, 11) is 0. The highest BCUT2D eigenvalue weighted by molar-refractivity contribution is 5.95. The third-order valence-electron chi connectivity index (χ3n) is 3.91. The Morgan fingerprint density at radius 3 is 2.56 bits per heavy atom. The molecule has 0 bridgehead atoms. The van der Waals surface area contributed by atoms with Crippen molar-refractivity contribution in [2.24, 2.45) is 0 Å².